The van der Waals surface area contributed by atoms with E-state index in [-0.39, 0.29) is 24.6 Å². The van der Waals surface area contributed by atoms with Gasteiger partial charge in [0.05, 0.1) is 0 Å². The molecule has 1 aliphatic carbocycles. The summed E-state index contributed by atoms with van der Waals surface area (Å²) in [5, 5.41) is 19.1. The number of benzene rings is 2. The van der Waals surface area contributed by atoms with E-state index in [9.17, 15) is 24.3 Å². The summed E-state index contributed by atoms with van der Waals surface area (Å²) in [7, 11) is 0. The first kappa shape index (κ1) is 28.6. The minimum Gasteiger partial charge on any atom is -0.480 e. The third-order valence-electron chi connectivity index (χ3n) is 6.78. The van der Waals surface area contributed by atoms with Gasteiger partial charge in [-0.3, -0.25) is 19.2 Å². The number of amides is 2. The van der Waals surface area contributed by atoms with E-state index in [1.54, 1.807) is 0 Å². The Kier molecular flexibility index (Phi) is 11.2. The van der Waals surface area contributed by atoms with Crippen molar-refractivity contribution in [2.45, 2.75) is 68.8 Å². The lowest BCUT2D eigenvalue weighted by atomic mass is 9.93. The van der Waals surface area contributed by atoms with E-state index in [0.717, 1.165) is 36.0 Å². The van der Waals surface area contributed by atoms with Crippen LogP contribution in [0.3, 0.4) is 0 Å². The molecular formula is C29H37N3O6S. The second-order valence-electron chi connectivity index (χ2n) is 9.75. The number of hydrogen-bond acceptors (Lipinski definition) is 6. The monoisotopic (exact) mass is 556 g/mol. The molecule has 2 aromatic rings. The Labute approximate surface area is 234 Å². The fourth-order valence-corrected chi connectivity index (χ4v) is 5.62. The van der Waals surface area contributed by atoms with Gasteiger partial charge in [0, 0.05) is 24.0 Å². The van der Waals surface area contributed by atoms with Crippen molar-refractivity contribution in [1.29, 1.82) is 0 Å². The van der Waals surface area contributed by atoms with Crippen LogP contribution in [0.2, 0.25) is 1.41 Å². The standard InChI is InChI=1S/C29H37N3O6S/c30-24(29(37)38)15-16-26(33)31-25(28(36)32(17-27(34)35)23-9-5-2-6-10-23)19-39-18-20-11-13-22(14-12-20)21-7-3-1-4-8-21/h1,3-4,7-8,11-14,23-25H,2,5-6,9-10,15-19,30H2,(H,31,33)(H,34,35)(H,37,38)/t24-,25-/m0/s1/i/hD. The van der Waals surface area contributed by atoms with E-state index in [4.69, 9.17) is 12.3 Å². The maximum Gasteiger partial charge on any atom is 0.323 e. The highest BCUT2D eigenvalue weighted by Gasteiger charge is 2.33. The average Bonchev–Trinajstić information content (AvgIpc) is 2.97. The fraction of sp³-hybridized carbons (Fsp3) is 0.448. The zero-order valence-corrected chi connectivity index (χ0v) is 22.7. The molecule has 2 atom stereocenters. The number of nitrogens with two attached hydrogens (primary N) is 1. The Balaban J connectivity index is 1.73. The van der Waals surface area contributed by atoms with Gasteiger partial charge >= 0.3 is 11.9 Å². The zero-order chi connectivity index (χ0) is 29.1. The number of carbonyl (C=O) groups is 4. The van der Waals surface area contributed by atoms with Crippen molar-refractivity contribution >= 4 is 35.5 Å². The van der Waals surface area contributed by atoms with Gasteiger partial charge in [-0.15, -0.1) is 0 Å². The van der Waals surface area contributed by atoms with E-state index >= 15 is 0 Å². The van der Waals surface area contributed by atoms with Crippen molar-refractivity contribution in [2.75, 3.05) is 12.3 Å². The fourth-order valence-electron chi connectivity index (χ4n) is 4.63. The molecule has 210 valence electrons. The highest BCUT2D eigenvalue weighted by Crippen LogP contribution is 2.25. The summed E-state index contributed by atoms with van der Waals surface area (Å²) in [6.45, 7) is -0.502. The average molecular weight is 557 g/mol. The van der Waals surface area contributed by atoms with Crippen LogP contribution in [0, 0.1) is 0 Å². The lowest BCUT2D eigenvalue weighted by Crippen LogP contribution is -2.54. The third-order valence-corrected chi connectivity index (χ3v) is 7.87. The molecule has 1 fully saturated rings. The van der Waals surface area contributed by atoms with Crippen LogP contribution in [0.4, 0.5) is 0 Å². The van der Waals surface area contributed by atoms with Gasteiger partial charge in [0.2, 0.25) is 11.8 Å². The Morgan fingerprint density at radius 3 is 2.26 bits per heavy atom. The van der Waals surface area contributed by atoms with Gasteiger partial charge in [-0.05, 0) is 36.0 Å². The summed E-state index contributed by atoms with van der Waals surface area (Å²) in [6.07, 6.45) is 3.63. The van der Waals surface area contributed by atoms with Crippen LogP contribution >= 0.6 is 11.8 Å². The van der Waals surface area contributed by atoms with Gasteiger partial charge in [0.25, 0.3) is 0 Å². The molecule has 2 aromatic carbocycles. The number of carboxylic acid groups (broad SMARTS) is 2. The largest absolute Gasteiger partial charge is 0.480 e. The molecule has 1 aliphatic rings. The van der Waals surface area contributed by atoms with Crippen molar-refractivity contribution in [3.8, 4) is 11.1 Å². The molecule has 0 bridgehead atoms. The van der Waals surface area contributed by atoms with Gasteiger partial charge in [0.1, 0.15) is 18.6 Å². The lowest BCUT2D eigenvalue weighted by Gasteiger charge is -2.35. The number of carbonyl (C=O) groups excluding carboxylic acids is 2. The molecule has 0 radical (unpaired) electrons. The van der Waals surface area contributed by atoms with E-state index < -0.39 is 42.4 Å². The lowest BCUT2D eigenvalue weighted by molar-refractivity contribution is -0.148. The molecule has 0 heterocycles. The Bertz CT molecular complexity index is 1140. The molecule has 9 nitrogen and oxygen atoms in total. The van der Waals surface area contributed by atoms with Crippen LogP contribution in [-0.2, 0) is 24.9 Å². The minimum atomic E-state index is -1.26. The van der Waals surface area contributed by atoms with E-state index in [1.165, 1.54) is 16.7 Å². The van der Waals surface area contributed by atoms with Gasteiger partial charge in [-0.1, -0.05) is 73.9 Å². The second kappa shape index (κ2) is 15.3. The number of aliphatic carboxylic acids is 2. The van der Waals surface area contributed by atoms with Gasteiger partial charge in [-0.2, -0.15) is 11.8 Å². The Hall–Kier alpha value is -3.37. The molecule has 0 aliphatic heterocycles. The van der Waals surface area contributed by atoms with Gasteiger partial charge in [0.15, 0.2) is 1.41 Å². The summed E-state index contributed by atoms with van der Waals surface area (Å²) < 4.78 is 8.50. The molecular weight excluding hydrogens is 518 g/mol. The van der Waals surface area contributed by atoms with E-state index in [0.29, 0.717) is 23.9 Å². The maximum atomic E-state index is 13.7. The number of thioether (sulfide) groups is 1. The van der Waals surface area contributed by atoms with Crippen molar-refractivity contribution in [2.24, 2.45) is 5.73 Å². The third kappa shape index (κ3) is 9.71. The van der Waals surface area contributed by atoms with Crippen molar-refractivity contribution < 1.29 is 30.8 Å². The first-order chi connectivity index (χ1) is 19.2. The number of nitrogens with zero attached hydrogens (tertiary/aromatic N) is 1. The summed E-state index contributed by atoms with van der Waals surface area (Å²) >= 11 is 1.37. The molecule has 1 saturated carbocycles. The molecule has 10 heteroatoms. The van der Waals surface area contributed by atoms with Crippen LogP contribution in [0.1, 0.15) is 50.5 Å². The predicted octanol–water partition coefficient (Wildman–Crippen LogP) is 3.51. The highest BCUT2D eigenvalue weighted by molar-refractivity contribution is 7.98. The summed E-state index contributed by atoms with van der Waals surface area (Å²) in [6, 6.07) is 15.2. The number of rotatable bonds is 14. The van der Waals surface area contributed by atoms with Crippen LogP contribution in [0.5, 0.6) is 0 Å². The number of carboxylic acids is 2. The predicted molar refractivity (Wildman–Crippen MR) is 151 cm³/mol. The minimum absolute atomic E-state index is 0.0856. The maximum absolute atomic E-state index is 13.7. The van der Waals surface area contributed by atoms with Gasteiger partial charge in [-0.25, -0.2) is 0 Å². The molecule has 0 saturated heterocycles. The van der Waals surface area contributed by atoms with Gasteiger partial charge < -0.3 is 26.2 Å². The van der Waals surface area contributed by atoms with E-state index in [2.05, 4.69) is 0 Å². The van der Waals surface area contributed by atoms with Crippen LogP contribution in [-0.4, -0.2) is 69.3 Å². The first-order valence-electron chi connectivity index (χ1n) is 13.7. The highest BCUT2D eigenvalue weighted by atomic mass is 32.2. The topological polar surface area (TPSA) is 150 Å². The SMILES string of the molecule is [2H]N(C(=O)CC[C@H](N)C(=O)O)[C@@H](CSCc1ccc(-c2ccccc2)cc1)C(=O)N(CC(=O)O)C1CCCCC1. The quantitative estimate of drug-likeness (QED) is 0.276. The van der Waals surface area contributed by atoms with E-state index in [1.807, 2.05) is 54.6 Å². The number of hydrogen-bond donors (Lipinski definition) is 4. The molecule has 5 N–H and O–H groups in total. The van der Waals surface area contributed by atoms with Crippen molar-refractivity contribution in [3.05, 3.63) is 60.2 Å². The number of nitrogens with one attached hydrogen (secondary N) is 1. The summed E-state index contributed by atoms with van der Waals surface area (Å²) in [5.41, 5.74) is 8.69. The molecule has 39 heavy (non-hydrogen) atoms. The van der Waals surface area contributed by atoms with Crippen LogP contribution in [0.25, 0.3) is 11.1 Å². The first-order valence-corrected chi connectivity index (χ1v) is 14.4. The molecule has 3 rings (SSSR count). The second-order valence-corrected chi connectivity index (χ2v) is 10.8. The molecule has 2 amide bonds. The van der Waals surface area contributed by atoms with Crippen LogP contribution < -0.4 is 11.0 Å². The van der Waals surface area contributed by atoms with Crippen molar-refractivity contribution in [3.63, 3.8) is 0 Å². The molecule has 0 spiro atoms. The molecule has 0 unspecified atom stereocenters. The van der Waals surface area contributed by atoms with Crippen molar-refractivity contribution in [1.82, 2.24) is 10.2 Å². The summed E-state index contributed by atoms with van der Waals surface area (Å²) in [4.78, 5) is 50.6. The Morgan fingerprint density at radius 1 is 1.00 bits per heavy atom. The Morgan fingerprint density at radius 2 is 1.64 bits per heavy atom. The molecule has 0 aromatic heterocycles. The smallest absolute Gasteiger partial charge is 0.323 e. The van der Waals surface area contributed by atoms with Crippen LogP contribution in [0.15, 0.2) is 54.6 Å². The normalized spacial score (nSPS) is 15.6. The zero-order valence-electron chi connectivity index (χ0n) is 22.9. The summed E-state index contributed by atoms with van der Waals surface area (Å²) in [5.74, 6) is -3.11.